The number of carbonyl (C=O) groups is 2. The first-order valence-corrected chi connectivity index (χ1v) is 6.93. The molecule has 7 heteroatoms. The molecule has 0 bridgehead atoms. The topological polar surface area (TPSA) is 101 Å². The van der Waals surface area contributed by atoms with Crippen LogP contribution in [0.2, 0.25) is 0 Å². The Bertz CT molecular complexity index is 369. The summed E-state index contributed by atoms with van der Waals surface area (Å²) in [5, 5.41) is 10.9. The lowest BCUT2D eigenvalue weighted by molar-refractivity contribution is -0.134. The quantitative estimate of drug-likeness (QED) is 0.687. The van der Waals surface area contributed by atoms with Crippen molar-refractivity contribution in [1.82, 2.24) is 5.32 Å². The summed E-state index contributed by atoms with van der Waals surface area (Å²) in [5.74, 6) is -3.78. The average molecular weight is 249 g/mol. The van der Waals surface area contributed by atoms with Crippen molar-refractivity contribution < 1.29 is 23.1 Å². The number of aliphatic carboxylic acids is 1. The predicted octanol–water partition coefficient (Wildman–Crippen LogP) is -0.455. The van der Waals surface area contributed by atoms with Gasteiger partial charge >= 0.3 is 5.97 Å². The van der Waals surface area contributed by atoms with Gasteiger partial charge in [0.2, 0.25) is 5.91 Å². The molecule has 0 saturated heterocycles. The molecule has 1 aliphatic carbocycles. The van der Waals surface area contributed by atoms with Crippen LogP contribution in [0, 0.1) is 0 Å². The smallest absolute Gasteiger partial charge is 0.318 e. The normalized spacial score (nSPS) is 17.2. The number of amides is 1. The molecule has 0 aromatic carbocycles. The molecule has 0 aromatic heterocycles. The molecule has 0 aliphatic heterocycles. The largest absolute Gasteiger partial charge is 0.480 e. The number of carbonyl (C=O) groups excluding carboxylic acids is 1. The first kappa shape index (κ1) is 13.0. The van der Waals surface area contributed by atoms with Gasteiger partial charge in [0, 0.05) is 6.04 Å². The first-order chi connectivity index (χ1) is 7.39. The van der Waals surface area contributed by atoms with Gasteiger partial charge in [-0.05, 0) is 12.8 Å². The number of sulfone groups is 1. The molecule has 0 unspecified atom stereocenters. The summed E-state index contributed by atoms with van der Waals surface area (Å²) in [7, 11) is -3.83. The van der Waals surface area contributed by atoms with Crippen LogP contribution in [0.5, 0.6) is 0 Å². The van der Waals surface area contributed by atoms with E-state index in [9.17, 15) is 18.0 Å². The second kappa shape index (κ2) is 5.29. The number of nitrogens with one attached hydrogen (secondary N) is 1. The van der Waals surface area contributed by atoms with Gasteiger partial charge in [0.25, 0.3) is 0 Å². The predicted molar refractivity (Wildman–Crippen MR) is 56.7 cm³/mol. The molecule has 1 aliphatic rings. The highest BCUT2D eigenvalue weighted by Gasteiger charge is 2.23. The molecule has 6 nitrogen and oxygen atoms in total. The van der Waals surface area contributed by atoms with Crippen molar-refractivity contribution in [3.05, 3.63) is 0 Å². The Hall–Kier alpha value is -1.11. The van der Waals surface area contributed by atoms with E-state index in [-0.39, 0.29) is 6.04 Å². The van der Waals surface area contributed by atoms with E-state index in [0.29, 0.717) is 0 Å². The second-order valence-corrected chi connectivity index (χ2v) is 6.04. The van der Waals surface area contributed by atoms with Crippen LogP contribution >= 0.6 is 0 Å². The van der Waals surface area contributed by atoms with Gasteiger partial charge in [-0.2, -0.15) is 0 Å². The summed E-state index contributed by atoms with van der Waals surface area (Å²) in [4.78, 5) is 21.5. The monoisotopic (exact) mass is 249 g/mol. The van der Waals surface area contributed by atoms with E-state index in [4.69, 9.17) is 5.11 Å². The summed E-state index contributed by atoms with van der Waals surface area (Å²) in [6.45, 7) is 0. The minimum absolute atomic E-state index is 0.0486. The van der Waals surface area contributed by atoms with Gasteiger partial charge in [-0.15, -0.1) is 0 Å². The number of hydrogen-bond acceptors (Lipinski definition) is 4. The van der Waals surface area contributed by atoms with Crippen LogP contribution in [0.1, 0.15) is 25.7 Å². The molecule has 16 heavy (non-hydrogen) atoms. The molecule has 0 heterocycles. The van der Waals surface area contributed by atoms with Crippen LogP contribution in [0.4, 0.5) is 0 Å². The molecule has 0 radical (unpaired) electrons. The summed E-state index contributed by atoms with van der Waals surface area (Å²) < 4.78 is 22.4. The average Bonchev–Trinajstić information content (AvgIpc) is 2.51. The minimum Gasteiger partial charge on any atom is -0.480 e. The third-order valence-electron chi connectivity index (χ3n) is 2.41. The van der Waals surface area contributed by atoms with Gasteiger partial charge in [0.15, 0.2) is 9.84 Å². The van der Waals surface area contributed by atoms with Crippen molar-refractivity contribution in [3.8, 4) is 0 Å². The zero-order chi connectivity index (χ0) is 12.2. The van der Waals surface area contributed by atoms with Crippen molar-refractivity contribution >= 4 is 21.7 Å². The van der Waals surface area contributed by atoms with E-state index in [1.165, 1.54) is 0 Å². The van der Waals surface area contributed by atoms with Crippen molar-refractivity contribution in [1.29, 1.82) is 0 Å². The molecule has 1 amide bonds. The third-order valence-corrected chi connectivity index (χ3v) is 3.80. The van der Waals surface area contributed by atoms with Crippen LogP contribution in [-0.4, -0.2) is 42.9 Å². The summed E-state index contributed by atoms with van der Waals surface area (Å²) in [6, 6.07) is 0.0486. The fourth-order valence-corrected chi connectivity index (χ4v) is 2.74. The zero-order valence-electron chi connectivity index (χ0n) is 8.81. The summed E-state index contributed by atoms with van der Waals surface area (Å²) >= 11 is 0. The van der Waals surface area contributed by atoms with E-state index in [2.05, 4.69) is 5.32 Å². The van der Waals surface area contributed by atoms with Crippen LogP contribution in [-0.2, 0) is 19.4 Å². The van der Waals surface area contributed by atoms with Crippen molar-refractivity contribution in [2.75, 3.05) is 11.5 Å². The maximum atomic E-state index is 11.3. The zero-order valence-corrected chi connectivity index (χ0v) is 9.62. The molecular formula is C9H15NO5S. The third kappa shape index (κ3) is 4.61. The van der Waals surface area contributed by atoms with E-state index in [1.54, 1.807) is 0 Å². The molecule has 0 aromatic rings. The lowest BCUT2D eigenvalue weighted by Gasteiger charge is -2.11. The van der Waals surface area contributed by atoms with Crippen LogP contribution in [0.25, 0.3) is 0 Å². The second-order valence-electron chi connectivity index (χ2n) is 3.97. The SMILES string of the molecule is O=C(O)CS(=O)(=O)CC(=O)NC1CCCC1. The highest BCUT2D eigenvalue weighted by atomic mass is 32.2. The van der Waals surface area contributed by atoms with E-state index in [0.717, 1.165) is 25.7 Å². The molecule has 1 rings (SSSR count). The van der Waals surface area contributed by atoms with Gasteiger partial charge in [0.05, 0.1) is 0 Å². The molecule has 2 N–H and O–H groups in total. The first-order valence-electron chi connectivity index (χ1n) is 5.10. The summed E-state index contributed by atoms with van der Waals surface area (Å²) in [5.41, 5.74) is 0. The molecule has 0 atom stereocenters. The minimum atomic E-state index is -3.83. The number of carboxylic acid groups (broad SMARTS) is 1. The lowest BCUT2D eigenvalue weighted by Crippen LogP contribution is -2.38. The summed E-state index contributed by atoms with van der Waals surface area (Å²) in [6.07, 6.45) is 3.80. The fourth-order valence-electron chi connectivity index (χ4n) is 1.78. The van der Waals surface area contributed by atoms with Gasteiger partial charge in [-0.1, -0.05) is 12.8 Å². The number of rotatable bonds is 5. The Balaban J connectivity index is 2.41. The van der Waals surface area contributed by atoms with Crippen LogP contribution < -0.4 is 5.32 Å². The van der Waals surface area contributed by atoms with Crippen LogP contribution in [0.15, 0.2) is 0 Å². The van der Waals surface area contributed by atoms with Crippen LogP contribution in [0.3, 0.4) is 0 Å². The maximum Gasteiger partial charge on any atom is 0.318 e. The van der Waals surface area contributed by atoms with Gasteiger partial charge < -0.3 is 10.4 Å². The number of carboxylic acids is 1. The van der Waals surface area contributed by atoms with Crippen molar-refractivity contribution in [2.24, 2.45) is 0 Å². The Morgan fingerprint density at radius 1 is 1.19 bits per heavy atom. The van der Waals surface area contributed by atoms with E-state index >= 15 is 0 Å². The fraction of sp³-hybridized carbons (Fsp3) is 0.778. The Morgan fingerprint density at radius 2 is 1.75 bits per heavy atom. The van der Waals surface area contributed by atoms with Crippen molar-refractivity contribution in [2.45, 2.75) is 31.7 Å². The molecule has 92 valence electrons. The molecule has 0 spiro atoms. The van der Waals surface area contributed by atoms with Gasteiger partial charge in [-0.3, -0.25) is 9.59 Å². The highest BCUT2D eigenvalue weighted by Crippen LogP contribution is 2.17. The Labute approximate surface area is 93.9 Å². The highest BCUT2D eigenvalue weighted by molar-refractivity contribution is 7.92. The van der Waals surface area contributed by atoms with Gasteiger partial charge in [0.1, 0.15) is 11.5 Å². The molecule has 1 saturated carbocycles. The maximum absolute atomic E-state index is 11.3. The lowest BCUT2D eigenvalue weighted by atomic mass is 10.2. The Morgan fingerprint density at radius 3 is 2.25 bits per heavy atom. The van der Waals surface area contributed by atoms with E-state index in [1.807, 2.05) is 0 Å². The van der Waals surface area contributed by atoms with Gasteiger partial charge in [-0.25, -0.2) is 8.42 Å². The Kier molecular flexibility index (Phi) is 4.28. The molecular weight excluding hydrogens is 234 g/mol. The van der Waals surface area contributed by atoms with E-state index < -0.39 is 33.2 Å². The molecule has 1 fully saturated rings. The number of hydrogen-bond donors (Lipinski definition) is 2. The standard InChI is InChI=1S/C9H15NO5S/c11-8(10-7-3-1-2-4-7)5-16(14,15)6-9(12)13/h7H,1-6H2,(H,10,11)(H,12,13). The van der Waals surface area contributed by atoms with Crippen molar-refractivity contribution in [3.63, 3.8) is 0 Å².